The van der Waals surface area contributed by atoms with Gasteiger partial charge in [-0.2, -0.15) is 0 Å². The van der Waals surface area contributed by atoms with Crippen molar-refractivity contribution in [2.45, 2.75) is 65.5 Å². The SMILES string of the molecule is CC1CCC(C)N(CC(C)(C)CNC2CC2)C1. The van der Waals surface area contributed by atoms with Crippen LogP contribution in [0.3, 0.4) is 0 Å². The molecular weight excluding hydrogens is 208 g/mol. The summed E-state index contributed by atoms with van der Waals surface area (Å²) in [6.45, 7) is 13.3. The number of piperidine rings is 1. The normalized spacial score (nSPS) is 31.8. The number of rotatable bonds is 5. The van der Waals surface area contributed by atoms with E-state index in [4.69, 9.17) is 0 Å². The third kappa shape index (κ3) is 4.26. The Hall–Kier alpha value is -0.0800. The molecule has 0 aromatic heterocycles. The minimum Gasteiger partial charge on any atom is -0.313 e. The molecule has 0 radical (unpaired) electrons. The lowest BCUT2D eigenvalue weighted by Crippen LogP contribution is -2.48. The maximum Gasteiger partial charge on any atom is 0.00684 e. The van der Waals surface area contributed by atoms with Gasteiger partial charge in [0.1, 0.15) is 0 Å². The van der Waals surface area contributed by atoms with Crippen molar-refractivity contribution < 1.29 is 0 Å². The van der Waals surface area contributed by atoms with Gasteiger partial charge in [0.2, 0.25) is 0 Å². The van der Waals surface area contributed by atoms with Crippen LogP contribution in [-0.2, 0) is 0 Å². The minimum atomic E-state index is 0.411. The van der Waals surface area contributed by atoms with Gasteiger partial charge in [-0.15, -0.1) is 0 Å². The fourth-order valence-electron chi connectivity index (χ4n) is 2.91. The Morgan fingerprint density at radius 3 is 2.47 bits per heavy atom. The summed E-state index contributed by atoms with van der Waals surface area (Å²) in [4.78, 5) is 2.71. The predicted octanol–water partition coefficient (Wildman–Crippen LogP) is 2.89. The van der Waals surface area contributed by atoms with Crippen LogP contribution in [0.2, 0.25) is 0 Å². The van der Waals surface area contributed by atoms with Gasteiger partial charge in [0.15, 0.2) is 0 Å². The zero-order valence-electron chi connectivity index (χ0n) is 12.1. The van der Waals surface area contributed by atoms with E-state index in [1.54, 1.807) is 0 Å². The van der Waals surface area contributed by atoms with E-state index in [-0.39, 0.29) is 0 Å². The van der Waals surface area contributed by atoms with E-state index < -0.39 is 0 Å². The van der Waals surface area contributed by atoms with E-state index >= 15 is 0 Å². The molecule has 0 bridgehead atoms. The van der Waals surface area contributed by atoms with E-state index in [9.17, 15) is 0 Å². The fraction of sp³-hybridized carbons (Fsp3) is 1.00. The van der Waals surface area contributed by atoms with Gasteiger partial charge in [-0.3, -0.25) is 4.90 Å². The van der Waals surface area contributed by atoms with Crippen molar-refractivity contribution in [3.8, 4) is 0 Å². The molecule has 2 aliphatic rings. The highest BCUT2D eigenvalue weighted by molar-refractivity contribution is 4.87. The minimum absolute atomic E-state index is 0.411. The Balaban J connectivity index is 1.79. The van der Waals surface area contributed by atoms with E-state index in [0.29, 0.717) is 5.41 Å². The van der Waals surface area contributed by atoms with Gasteiger partial charge in [0.25, 0.3) is 0 Å². The number of nitrogens with zero attached hydrogens (tertiary/aromatic N) is 1. The standard InChI is InChI=1S/C15H30N2/c1-12-5-6-13(2)17(9-12)11-15(3,4)10-16-14-7-8-14/h12-14,16H,5-11H2,1-4H3. The first kappa shape index (κ1) is 13.4. The van der Waals surface area contributed by atoms with Crippen molar-refractivity contribution in [3.63, 3.8) is 0 Å². The van der Waals surface area contributed by atoms with Gasteiger partial charge in [-0.25, -0.2) is 0 Å². The second-order valence-corrected chi connectivity index (χ2v) is 7.28. The van der Waals surface area contributed by atoms with Gasteiger partial charge in [0.05, 0.1) is 0 Å². The number of hydrogen-bond acceptors (Lipinski definition) is 2. The number of nitrogens with one attached hydrogen (secondary N) is 1. The third-order valence-corrected chi connectivity index (χ3v) is 4.32. The summed E-state index contributed by atoms with van der Waals surface area (Å²) in [6, 6.07) is 1.62. The van der Waals surface area contributed by atoms with Crippen molar-refractivity contribution >= 4 is 0 Å². The molecule has 1 aliphatic heterocycles. The average Bonchev–Trinajstić information content (AvgIpc) is 3.04. The molecule has 0 aromatic carbocycles. The van der Waals surface area contributed by atoms with Crippen molar-refractivity contribution in [1.29, 1.82) is 0 Å². The first-order valence-electron chi connectivity index (χ1n) is 7.44. The summed E-state index contributed by atoms with van der Waals surface area (Å²) in [6.07, 6.45) is 5.59. The highest BCUT2D eigenvalue weighted by atomic mass is 15.2. The summed E-state index contributed by atoms with van der Waals surface area (Å²) in [5.41, 5.74) is 0.411. The topological polar surface area (TPSA) is 15.3 Å². The smallest absolute Gasteiger partial charge is 0.00684 e. The summed E-state index contributed by atoms with van der Waals surface area (Å²) >= 11 is 0. The summed E-state index contributed by atoms with van der Waals surface area (Å²) in [5, 5.41) is 3.69. The van der Waals surface area contributed by atoms with E-state index in [0.717, 1.165) is 18.0 Å². The summed E-state index contributed by atoms with van der Waals surface area (Å²) < 4.78 is 0. The molecule has 1 saturated carbocycles. The summed E-state index contributed by atoms with van der Waals surface area (Å²) in [5.74, 6) is 0.887. The first-order valence-corrected chi connectivity index (χ1v) is 7.44. The molecular formula is C15H30N2. The Labute approximate surface area is 107 Å². The molecule has 1 N–H and O–H groups in total. The monoisotopic (exact) mass is 238 g/mol. The van der Waals surface area contributed by atoms with Crippen molar-refractivity contribution in [2.75, 3.05) is 19.6 Å². The maximum absolute atomic E-state index is 3.69. The van der Waals surface area contributed by atoms with Crippen LogP contribution in [0.15, 0.2) is 0 Å². The second-order valence-electron chi connectivity index (χ2n) is 7.28. The lowest BCUT2D eigenvalue weighted by atomic mass is 9.88. The third-order valence-electron chi connectivity index (χ3n) is 4.32. The van der Waals surface area contributed by atoms with Gasteiger partial charge >= 0.3 is 0 Å². The molecule has 0 amide bonds. The van der Waals surface area contributed by atoms with Gasteiger partial charge < -0.3 is 5.32 Å². The Bertz CT molecular complexity index is 245. The number of hydrogen-bond donors (Lipinski definition) is 1. The molecule has 2 unspecified atom stereocenters. The highest BCUT2D eigenvalue weighted by Gasteiger charge is 2.30. The predicted molar refractivity (Wildman–Crippen MR) is 74.2 cm³/mol. The fourth-order valence-corrected chi connectivity index (χ4v) is 2.91. The molecule has 100 valence electrons. The van der Waals surface area contributed by atoms with Crippen LogP contribution < -0.4 is 5.32 Å². The quantitative estimate of drug-likeness (QED) is 0.792. The van der Waals surface area contributed by atoms with Gasteiger partial charge in [-0.1, -0.05) is 20.8 Å². The lowest BCUT2D eigenvalue weighted by Gasteiger charge is -2.41. The van der Waals surface area contributed by atoms with Crippen molar-refractivity contribution in [3.05, 3.63) is 0 Å². The number of likely N-dealkylation sites (tertiary alicyclic amines) is 1. The second kappa shape index (κ2) is 5.27. The molecule has 1 heterocycles. The van der Waals surface area contributed by atoms with Crippen LogP contribution in [0.5, 0.6) is 0 Å². The molecule has 0 aromatic rings. The maximum atomic E-state index is 3.69. The molecule has 2 atom stereocenters. The molecule has 2 fully saturated rings. The molecule has 2 rings (SSSR count). The van der Waals surface area contributed by atoms with E-state index in [2.05, 4.69) is 37.9 Å². The van der Waals surface area contributed by atoms with Crippen LogP contribution in [0.25, 0.3) is 0 Å². The zero-order chi connectivity index (χ0) is 12.5. The highest BCUT2D eigenvalue weighted by Crippen LogP contribution is 2.27. The molecule has 0 spiro atoms. The van der Waals surface area contributed by atoms with Gasteiger partial charge in [-0.05, 0) is 43.9 Å². The van der Waals surface area contributed by atoms with E-state index in [1.165, 1.54) is 45.3 Å². The van der Waals surface area contributed by atoms with Crippen LogP contribution >= 0.6 is 0 Å². The average molecular weight is 238 g/mol. The zero-order valence-corrected chi connectivity index (χ0v) is 12.1. The van der Waals surface area contributed by atoms with Gasteiger partial charge in [0, 0.05) is 31.7 Å². The first-order chi connectivity index (χ1) is 7.96. The molecule has 2 heteroatoms. The van der Waals surface area contributed by atoms with Crippen LogP contribution in [0.4, 0.5) is 0 Å². The Morgan fingerprint density at radius 1 is 1.12 bits per heavy atom. The summed E-state index contributed by atoms with van der Waals surface area (Å²) in [7, 11) is 0. The Morgan fingerprint density at radius 2 is 1.82 bits per heavy atom. The van der Waals surface area contributed by atoms with Crippen molar-refractivity contribution in [1.82, 2.24) is 10.2 Å². The molecule has 1 saturated heterocycles. The molecule has 17 heavy (non-hydrogen) atoms. The van der Waals surface area contributed by atoms with Crippen molar-refractivity contribution in [2.24, 2.45) is 11.3 Å². The lowest BCUT2D eigenvalue weighted by molar-refractivity contribution is 0.0796. The Kier molecular flexibility index (Phi) is 4.14. The van der Waals surface area contributed by atoms with E-state index in [1.807, 2.05) is 0 Å². The molecule has 2 nitrogen and oxygen atoms in total. The van der Waals surface area contributed by atoms with Crippen LogP contribution in [0, 0.1) is 11.3 Å². The van der Waals surface area contributed by atoms with Crippen LogP contribution in [-0.4, -0.2) is 36.6 Å². The van der Waals surface area contributed by atoms with Crippen LogP contribution in [0.1, 0.15) is 53.4 Å². The largest absolute Gasteiger partial charge is 0.313 e. The molecule has 1 aliphatic carbocycles.